The minimum Gasteiger partial charge on any atom is -0.333 e. The Bertz CT molecular complexity index is 791. The molecule has 0 aliphatic rings. The SMILES string of the molecule is Cc1ccc([N+](=O)[O-])c(NC(=O)C[NH2+][C@@H](C)c2ccc(Cl)cc2)c1C. The summed E-state index contributed by atoms with van der Waals surface area (Å²) in [5, 5.41) is 16.4. The number of hydrogen-bond donors (Lipinski definition) is 2. The molecule has 0 saturated carbocycles. The topological polar surface area (TPSA) is 88.9 Å². The van der Waals surface area contributed by atoms with Gasteiger partial charge in [0, 0.05) is 16.7 Å². The first-order valence-electron chi connectivity index (χ1n) is 7.93. The quantitative estimate of drug-likeness (QED) is 0.611. The van der Waals surface area contributed by atoms with Crippen molar-refractivity contribution in [3.05, 3.63) is 68.2 Å². The molecule has 0 spiro atoms. The van der Waals surface area contributed by atoms with E-state index < -0.39 is 4.92 Å². The third-order valence-corrected chi connectivity index (χ3v) is 4.48. The average molecular weight is 363 g/mol. The molecule has 2 aromatic rings. The summed E-state index contributed by atoms with van der Waals surface area (Å²) in [6.07, 6.45) is 0. The summed E-state index contributed by atoms with van der Waals surface area (Å²) in [7, 11) is 0. The van der Waals surface area contributed by atoms with E-state index in [1.165, 1.54) is 6.07 Å². The molecule has 6 nitrogen and oxygen atoms in total. The zero-order chi connectivity index (χ0) is 18.6. The van der Waals surface area contributed by atoms with Gasteiger partial charge in [-0.05, 0) is 44.0 Å². The molecule has 1 atom stereocenters. The molecule has 0 radical (unpaired) electrons. The summed E-state index contributed by atoms with van der Waals surface area (Å²) in [6, 6.07) is 10.6. The van der Waals surface area contributed by atoms with E-state index in [2.05, 4.69) is 5.32 Å². The lowest BCUT2D eigenvalue weighted by Gasteiger charge is -2.13. The van der Waals surface area contributed by atoms with Gasteiger partial charge in [0.2, 0.25) is 0 Å². The maximum Gasteiger partial charge on any atom is 0.293 e. The average Bonchev–Trinajstić information content (AvgIpc) is 2.57. The molecule has 3 N–H and O–H groups in total. The number of amides is 1. The molecule has 132 valence electrons. The van der Waals surface area contributed by atoms with E-state index in [4.69, 9.17) is 11.6 Å². The van der Waals surface area contributed by atoms with Crippen molar-refractivity contribution in [1.82, 2.24) is 0 Å². The number of nitrogens with two attached hydrogens (primary N) is 1. The number of benzene rings is 2. The molecule has 0 saturated heterocycles. The Morgan fingerprint density at radius 1 is 1.24 bits per heavy atom. The number of anilines is 1. The fourth-order valence-corrected chi connectivity index (χ4v) is 2.61. The van der Waals surface area contributed by atoms with E-state index in [1.807, 2.05) is 31.3 Å². The molecule has 7 heteroatoms. The number of carbonyl (C=O) groups is 1. The predicted molar refractivity (Wildman–Crippen MR) is 97.9 cm³/mol. The Morgan fingerprint density at radius 2 is 1.88 bits per heavy atom. The molecule has 0 aliphatic carbocycles. The van der Waals surface area contributed by atoms with Crippen LogP contribution in [0.4, 0.5) is 11.4 Å². The second-order valence-electron chi connectivity index (χ2n) is 5.99. The zero-order valence-electron chi connectivity index (χ0n) is 14.4. The lowest BCUT2D eigenvalue weighted by atomic mass is 10.1. The van der Waals surface area contributed by atoms with Crippen LogP contribution in [-0.2, 0) is 4.79 Å². The third-order valence-electron chi connectivity index (χ3n) is 4.23. The van der Waals surface area contributed by atoms with E-state index in [0.29, 0.717) is 10.6 Å². The van der Waals surface area contributed by atoms with Crippen molar-refractivity contribution in [3.63, 3.8) is 0 Å². The van der Waals surface area contributed by atoms with Crippen LogP contribution in [0.2, 0.25) is 5.02 Å². The van der Waals surface area contributed by atoms with E-state index in [9.17, 15) is 14.9 Å². The summed E-state index contributed by atoms with van der Waals surface area (Å²) >= 11 is 5.87. The summed E-state index contributed by atoms with van der Waals surface area (Å²) in [5.74, 6) is -0.280. The highest BCUT2D eigenvalue weighted by molar-refractivity contribution is 6.30. The summed E-state index contributed by atoms with van der Waals surface area (Å²) < 4.78 is 0. The Balaban J connectivity index is 2.04. The lowest BCUT2D eigenvalue weighted by molar-refractivity contribution is -0.682. The minimum atomic E-state index is -0.484. The van der Waals surface area contributed by atoms with Gasteiger partial charge in [-0.15, -0.1) is 0 Å². The first-order valence-corrected chi connectivity index (χ1v) is 8.30. The first-order chi connectivity index (χ1) is 11.8. The van der Waals surface area contributed by atoms with Crippen LogP contribution in [0, 0.1) is 24.0 Å². The fourth-order valence-electron chi connectivity index (χ4n) is 2.49. The standard InChI is InChI=1S/C18H20ClN3O3/c1-11-4-9-16(22(24)25)18(12(11)2)21-17(23)10-20-13(3)14-5-7-15(19)8-6-14/h4-9,13,20H,10H2,1-3H3,(H,21,23)/p+1/t13-/m0/s1. The Morgan fingerprint density at radius 3 is 2.48 bits per heavy atom. The van der Waals surface area contributed by atoms with E-state index in [1.54, 1.807) is 25.1 Å². The molecule has 2 aromatic carbocycles. The van der Waals surface area contributed by atoms with Crippen molar-refractivity contribution in [1.29, 1.82) is 0 Å². The number of rotatable bonds is 6. The van der Waals surface area contributed by atoms with Gasteiger partial charge in [-0.1, -0.05) is 29.8 Å². The van der Waals surface area contributed by atoms with Gasteiger partial charge in [0.15, 0.2) is 6.54 Å². The summed E-state index contributed by atoms with van der Waals surface area (Å²) in [4.78, 5) is 23.0. The van der Waals surface area contributed by atoms with E-state index >= 15 is 0 Å². The van der Waals surface area contributed by atoms with Crippen LogP contribution in [0.5, 0.6) is 0 Å². The van der Waals surface area contributed by atoms with Crippen molar-refractivity contribution in [2.24, 2.45) is 0 Å². The van der Waals surface area contributed by atoms with Crippen LogP contribution in [0.15, 0.2) is 36.4 Å². The number of halogens is 1. The van der Waals surface area contributed by atoms with Crippen molar-refractivity contribution < 1.29 is 15.0 Å². The molecule has 0 unspecified atom stereocenters. The van der Waals surface area contributed by atoms with E-state index in [-0.39, 0.29) is 29.9 Å². The van der Waals surface area contributed by atoms with Crippen LogP contribution in [-0.4, -0.2) is 17.4 Å². The number of quaternary nitrogens is 1. The number of nitrogens with zero attached hydrogens (tertiary/aromatic N) is 1. The summed E-state index contributed by atoms with van der Waals surface area (Å²) in [5.41, 5.74) is 2.81. The number of aryl methyl sites for hydroxylation is 1. The molecule has 0 aromatic heterocycles. The molecule has 0 aliphatic heterocycles. The van der Waals surface area contributed by atoms with Crippen LogP contribution in [0.1, 0.15) is 29.7 Å². The van der Waals surface area contributed by atoms with Crippen molar-refractivity contribution in [3.8, 4) is 0 Å². The highest BCUT2D eigenvalue weighted by atomic mass is 35.5. The van der Waals surface area contributed by atoms with Crippen LogP contribution >= 0.6 is 11.6 Å². The Labute approximate surface area is 151 Å². The highest BCUT2D eigenvalue weighted by Crippen LogP contribution is 2.30. The monoisotopic (exact) mass is 362 g/mol. The Hall–Kier alpha value is -2.44. The Kier molecular flexibility index (Phi) is 6.12. The maximum absolute atomic E-state index is 12.3. The molecule has 0 heterocycles. The van der Waals surface area contributed by atoms with Gasteiger partial charge in [-0.3, -0.25) is 14.9 Å². The van der Waals surface area contributed by atoms with Gasteiger partial charge in [0.25, 0.3) is 11.6 Å². The van der Waals surface area contributed by atoms with Crippen molar-refractivity contribution in [2.45, 2.75) is 26.8 Å². The largest absolute Gasteiger partial charge is 0.333 e. The summed E-state index contributed by atoms with van der Waals surface area (Å²) in [6.45, 7) is 5.76. The predicted octanol–water partition coefficient (Wildman–Crippen LogP) is 3.13. The van der Waals surface area contributed by atoms with Crippen LogP contribution < -0.4 is 10.6 Å². The molecule has 0 bridgehead atoms. The second kappa shape index (κ2) is 8.09. The van der Waals surface area contributed by atoms with Crippen LogP contribution in [0.25, 0.3) is 0 Å². The normalized spacial score (nSPS) is 11.8. The molecule has 2 rings (SSSR count). The second-order valence-corrected chi connectivity index (χ2v) is 6.42. The number of hydrogen-bond acceptors (Lipinski definition) is 3. The number of nitrogens with one attached hydrogen (secondary N) is 1. The van der Waals surface area contributed by atoms with E-state index in [0.717, 1.165) is 11.1 Å². The fraction of sp³-hybridized carbons (Fsp3) is 0.278. The van der Waals surface area contributed by atoms with Gasteiger partial charge in [-0.2, -0.15) is 0 Å². The lowest BCUT2D eigenvalue weighted by Crippen LogP contribution is -2.86. The first kappa shape index (κ1) is 18.9. The van der Waals surface area contributed by atoms with Gasteiger partial charge >= 0.3 is 0 Å². The van der Waals surface area contributed by atoms with Crippen molar-refractivity contribution in [2.75, 3.05) is 11.9 Å². The number of nitro groups is 1. The van der Waals surface area contributed by atoms with Gasteiger partial charge in [0.1, 0.15) is 11.7 Å². The number of carbonyl (C=O) groups excluding carboxylic acids is 1. The third kappa shape index (κ3) is 4.78. The van der Waals surface area contributed by atoms with Crippen LogP contribution in [0.3, 0.4) is 0 Å². The zero-order valence-corrected chi connectivity index (χ0v) is 15.1. The highest BCUT2D eigenvalue weighted by Gasteiger charge is 2.20. The molecular weight excluding hydrogens is 342 g/mol. The van der Waals surface area contributed by atoms with Crippen molar-refractivity contribution >= 4 is 28.9 Å². The molecule has 0 fully saturated rings. The van der Waals surface area contributed by atoms with Gasteiger partial charge in [0.05, 0.1) is 4.92 Å². The molecule has 25 heavy (non-hydrogen) atoms. The maximum atomic E-state index is 12.3. The molecular formula is C18H21ClN3O3+. The van der Waals surface area contributed by atoms with Gasteiger partial charge in [-0.25, -0.2) is 0 Å². The number of nitro benzene ring substituents is 1. The smallest absolute Gasteiger partial charge is 0.293 e. The minimum absolute atomic E-state index is 0.0663. The molecule has 1 amide bonds. The van der Waals surface area contributed by atoms with Gasteiger partial charge < -0.3 is 10.6 Å².